The van der Waals surface area contributed by atoms with Gasteiger partial charge in [0.25, 0.3) is 0 Å². The maximum absolute atomic E-state index is 6.01. The fraction of sp³-hybridized carbons (Fsp3) is 0.600. The number of benzene rings is 2. The van der Waals surface area contributed by atoms with E-state index in [9.17, 15) is 0 Å². The minimum atomic E-state index is 0.0657. The van der Waals surface area contributed by atoms with Gasteiger partial charge in [0.2, 0.25) is 0 Å². The second kappa shape index (κ2) is 12.0. The molecule has 1 aliphatic heterocycles. The molecule has 0 aromatic heterocycles. The highest BCUT2D eigenvalue weighted by atomic mass is 16.6. The van der Waals surface area contributed by atoms with Crippen LogP contribution in [0, 0.1) is 5.92 Å². The summed E-state index contributed by atoms with van der Waals surface area (Å²) in [6.07, 6.45) is 14.0. The molecule has 1 saturated carbocycles. The third-order valence-corrected chi connectivity index (χ3v) is 7.73. The molecule has 32 heavy (non-hydrogen) atoms. The maximum atomic E-state index is 6.01. The highest BCUT2D eigenvalue weighted by molar-refractivity contribution is 5.64. The molecule has 2 fully saturated rings. The zero-order valence-electron chi connectivity index (χ0n) is 20.2. The Hall–Kier alpha value is -1.64. The SMILES string of the molecule is CCCCCCC1CCC(c2ccc(-c3ccc([C@@H]4CO[C@@H](CC)CO4)cc3)cc2)CC1. The van der Waals surface area contributed by atoms with Gasteiger partial charge in [0, 0.05) is 0 Å². The molecule has 0 spiro atoms. The number of unbranched alkanes of at least 4 members (excludes halogenated alkanes) is 3. The van der Waals surface area contributed by atoms with Crippen LogP contribution in [0.4, 0.5) is 0 Å². The molecule has 2 atom stereocenters. The summed E-state index contributed by atoms with van der Waals surface area (Å²) in [5.74, 6) is 1.74. The van der Waals surface area contributed by atoms with Gasteiger partial charge in [0.15, 0.2) is 0 Å². The monoisotopic (exact) mass is 434 g/mol. The predicted molar refractivity (Wildman–Crippen MR) is 134 cm³/mol. The van der Waals surface area contributed by atoms with Gasteiger partial charge in [-0.05, 0) is 66.2 Å². The first-order valence-corrected chi connectivity index (χ1v) is 13.2. The third kappa shape index (κ3) is 6.23. The van der Waals surface area contributed by atoms with Crippen LogP contribution in [-0.4, -0.2) is 19.3 Å². The molecule has 174 valence electrons. The molecule has 2 heteroatoms. The minimum absolute atomic E-state index is 0.0657. The maximum Gasteiger partial charge on any atom is 0.106 e. The molecule has 0 bridgehead atoms. The lowest BCUT2D eigenvalue weighted by atomic mass is 9.77. The van der Waals surface area contributed by atoms with Crippen molar-refractivity contribution in [1.29, 1.82) is 0 Å². The van der Waals surface area contributed by atoms with Crippen molar-refractivity contribution in [2.75, 3.05) is 13.2 Å². The lowest BCUT2D eigenvalue weighted by molar-refractivity contribution is -0.135. The first-order valence-electron chi connectivity index (χ1n) is 13.2. The van der Waals surface area contributed by atoms with Crippen LogP contribution in [0.15, 0.2) is 48.5 Å². The first-order chi connectivity index (χ1) is 15.8. The summed E-state index contributed by atoms with van der Waals surface area (Å²) >= 11 is 0. The Balaban J connectivity index is 1.28. The van der Waals surface area contributed by atoms with Crippen molar-refractivity contribution in [1.82, 2.24) is 0 Å². The van der Waals surface area contributed by atoms with Crippen LogP contribution in [0.1, 0.15) is 101 Å². The Kier molecular flexibility index (Phi) is 8.82. The molecule has 1 heterocycles. The van der Waals surface area contributed by atoms with E-state index in [1.807, 2.05) is 0 Å². The van der Waals surface area contributed by atoms with Crippen molar-refractivity contribution in [2.24, 2.45) is 5.92 Å². The number of hydrogen-bond donors (Lipinski definition) is 0. The molecule has 0 radical (unpaired) electrons. The summed E-state index contributed by atoms with van der Waals surface area (Å²) in [6, 6.07) is 18.2. The fourth-order valence-electron chi connectivity index (χ4n) is 5.45. The van der Waals surface area contributed by atoms with Crippen LogP contribution in [0.5, 0.6) is 0 Å². The lowest BCUT2D eigenvalue weighted by Crippen LogP contribution is -2.30. The van der Waals surface area contributed by atoms with Crippen molar-refractivity contribution in [2.45, 2.75) is 96.2 Å². The van der Waals surface area contributed by atoms with E-state index in [1.54, 1.807) is 0 Å². The molecule has 2 aromatic carbocycles. The Labute approximate surface area is 195 Å². The predicted octanol–water partition coefficient (Wildman–Crippen LogP) is 8.46. The number of rotatable bonds is 9. The quantitative estimate of drug-likeness (QED) is 0.368. The Morgan fingerprint density at radius 3 is 1.91 bits per heavy atom. The standard InChI is InChI=1S/C30H42O2/c1-3-5-6-7-8-23-9-11-24(12-10-23)25-13-15-26(16-14-25)27-17-19-28(20-18-27)30-22-31-29(4-2)21-32-30/h13-20,23-24,29-30H,3-12,21-22H2,1-2H3/t23?,24?,29-,30-/m0/s1. The van der Waals surface area contributed by atoms with Gasteiger partial charge in [0.05, 0.1) is 19.3 Å². The Morgan fingerprint density at radius 1 is 0.688 bits per heavy atom. The topological polar surface area (TPSA) is 18.5 Å². The molecular weight excluding hydrogens is 392 g/mol. The van der Waals surface area contributed by atoms with Crippen LogP contribution in [0.25, 0.3) is 11.1 Å². The first kappa shape index (κ1) is 23.5. The average Bonchev–Trinajstić information content (AvgIpc) is 2.87. The van der Waals surface area contributed by atoms with Crippen LogP contribution in [0.2, 0.25) is 0 Å². The third-order valence-electron chi connectivity index (χ3n) is 7.73. The van der Waals surface area contributed by atoms with Crippen molar-refractivity contribution < 1.29 is 9.47 Å². The van der Waals surface area contributed by atoms with Gasteiger partial charge in [0.1, 0.15) is 6.10 Å². The van der Waals surface area contributed by atoms with Crippen LogP contribution in [0.3, 0.4) is 0 Å². The number of ether oxygens (including phenoxy) is 2. The van der Waals surface area contributed by atoms with Crippen molar-refractivity contribution in [3.05, 3.63) is 59.7 Å². The van der Waals surface area contributed by atoms with Gasteiger partial charge in [-0.15, -0.1) is 0 Å². The van der Waals surface area contributed by atoms with Gasteiger partial charge >= 0.3 is 0 Å². The van der Waals surface area contributed by atoms with E-state index < -0.39 is 0 Å². The lowest BCUT2D eigenvalue weighted by Gasteiger charge is -2.29. The average molecular weight is 435 g/mol. The molecule has 0 amide bonds. The highest BCUT2D eigenvalue weighted by Gasteiger charge is 2.23. The molecular formula is C30H42O2. The summed E-state index contributed by atoms with van der Waals surface area (Å²) in [5.41, 5.74) is 5.33. The van der Waals surface area contributed by atoms with E-state index in [0.717, 1.165) is 18.3 Å². The molecule has 1 aliphatic carbocycles. The van der Waals surface area contributed by atoms with Crippen LogP contribution in [-0.2, 0) is 9.47 Å². The van der Waals surface area contributed by atoms with Gasteiger partial charge in [-0.25, -0.2) is 0 Å². The van der Waals surface area contributed by atoms with E-state index in [-0.39, 0.29) is 12.2 Å². The molecule has 0 N–H and O–H groups in total. The van der Waals surface area contributed by atoms with Crippen molar-refractivity contribution in [3.8, 4) is 11.1 Å². The summed E-state index contributed by atoms with van der Waals surface area (Å²) < 4.78 is 11.9. The van der Waals surface area contributed by atoms with Crippen molar-refractivity contribution >= 4 is 0 Å². The molecule has 4 rings (SSSR count). The van der Waals surface area contributed by atoms with E-state index in [4.69, 9.17) is 9.47 Å². The highest BCUT2D eigenvalue weighted by Crippen LogP contribution is 2.38. The Bertz CT molecular complexity index is 779. The van der Waals surface area contributed by atoms with Crippen LogP contribution < -0.4 is 0 Å². The van der Waals surface area contributed by atoms with Crippen molar-refractivity contribution in [3.63, 3.8) is 0 Å². The van der Waals surface area contributed by atoms with E-state index in [2.05, 4.69) is 62.4 Å². The molecule has 0 unspecified atom stereocenters. The minimum Gasteiger partial charge on any atom is -0.373 e. The molecule has 2 nitrogen and oxygen atoms in total. The summed E-state index contributed by atoms with van der Waals surface area (Å²) in [7, 11) is 0. The van der Waals surface area contributed by atoms with E-state index in [0.29, 0.717) is 13.2 Å². The normalized spacial score (nSPS) is 26.2. The van der Waals surface area contributed by atoms with E-state index in [1.165, 1.54) is 80.0 Å². The smallest absolute Gasteiger partial charge is 0.106 e. The zero-order chi connectivity index (χ0) is 22.2. The van der Waals surface area contributed by atoms with Gasteiger partial charge in [-0.1, -0.05) is 94.5 Å². The van der Waals surface area contributed by atoms with Gasteiger partial charge in [-0.3, -0.25) is 0 Å². The van der Waals surface area contributed by atoms with E-state index >= 15 is 0 Å². The zero-order valence-corrected chi connectivity index (χ0v) is 20.2. The summed E-state index contributed by atoms with van der Waals surface area (Å²) in [4.78, 5) is 0. The number of hydrogen-bond acceptors (Lipinski definition) is 2. The second-order valence-corrected chi connectivity index (χ2v) is 10.00. The van der Waals surface area contributed by atoms with Gasteiger partial charge in [-0.2, -0.15) is 0 Å². The second-order valence-electron chi connectivity index (χ2n) is 10.00. The van der Waals surface area contributed by atoms with Gasteiger partial charge < -0.3 is 9.47 Å². The van der Waals surface area contributed by atoms with Crippen LogP contribution >= 0.6 is 0 Å². The molecule has 2 aliphatic rings. The fourth-order valence-corrected chi connectivity index (χ4v) is 5.45. The largest absolute Gasteiger partial charge is 0.373 e. The summed E-state index contributed by atoms with van der Waals surface area (Å²) in [5, 5.41) is 0. The molecule has 2 aromatic rings. The Morgan fingerprint density at radius 2 is 1.34 bits per heavy atom. The summed E-state index contributed by atoms with van der Waals surface area (Å²) in [6.45, 7) is 5.81. The molecule has 1 saturated heterocycles.